The Kier molecular flexibility index (Phi) is 6.40. The first-order valence-corrected chi connectivity index (χ1v) is 11.5. The van der Waals surface area contributed by atoms with Crippen molar-refractivity contribution in [2.24, 2.45) is 17.8 Å². The molecule has 0 aromatic heterocycles. The van der Waals surface area contributed by atoms with Gasteiger partial charge in [-0.3, -0.25) is 0 Å². The van der Waals surface area contributed by atoms with Crippen LogP contribution in [0.5, 0.6) is 0 Å². The predicted octanol–water partition coefficient (Wildman–Crippen LogP) is 7.39. The van der Waals surface area contributed by atoms with Crippen molar-refractivity contribution >= 4 is 16.7 Å². The molecule has 2 aromatic carbocycles. The maximum absolute atomic E-state index is 15.4. The summed E-state index contributed by atoms with van der Waals surface area (Å²) in [6.45, 7) is 2.26. The van der Waals surface area contributed by atoms with Crippen LogP contribution in [0.2, 0.25) is 0 Å². The first kappa shape index (κ1) is 21.3. The summed E-state index contributed by atoms with van der Waals surface area (Å²) >= 11 is 0. The maximum Gasteiger partial charge on any atom is 0.337 e. The number of carbonyl (C=O) groups excluding carboxylic acids is 1. The second-order valence-electron chi connectivity index (χ2n) is 9.37. The zero-order valence-electron chi connectivity index (χ0n) is 18.1. The van der Waals surface area contributed by atoms with Crippen LogP contribution in [0.15, 0.2) is 24.3 Å². The van der Waals surface area contributed by atoms with Gasteiger partial charge in [0.05, 0.1) is 18.1 Å². The van der Waals surface area contributed by atoms with E-state index in [1.54, 1.807) is 12.1 Å². The average molecular weight is 415 g/mol. The van der Waals surface area contributed by atoms with Crippen LogP contribution in [0.1, 0.15) is 86.6 Å². The van der Waals surface area contributed by atoms with Gasteiger partial charge in [-0.15, -0.1) is 0 Å². The zero-order valence-corrected chi connectivity index (χ0v) is 18.1. The number of methoxy groups -OCH3 is 1. The van der Waals surface area contributed by atoms with Crippen LogP contribution < -0.4 is 0 Å². The Morgan fingerprint density at radius 3 is 2.60 bits per heavy atom. The third-order valence-corrected chi connectivity index (χ3v) is 7.58. The van der Waals surface area contributed by atoms with Crippen LogP contribution in [0.4, 0.5) is 8.78 Å². The lowest BCUT2D eigenvalue weighted by atomic mass is 9.63. The quantitative estimate of drug-likeness (QED) is 0.477. The lowest BCUT2D eigenvalue weighted by Gasteiger charge is -2.42. The molecule has 2 aliphatic carbocycles. The minimum absolute atomic E-state index is 0.00875. The summed E-state index contributed by atoms with van der Waals surface area (Å²) in [6.07, 6.45) is 11.0. The van der Waals surface area contributed by atoms with Crippen molar-refractivity contribution < 1.29 is 18.3 Å². The van der Waals surface area contributed by atoms with E-state index in [4.69, 9.17) is 0 Å². The van der Waals surface area contributed by atoms with E-state index >= 15 is 4.39 Å². The van der Waals surface area contributed by atoms with Gasteiger partial charge in [0.2, 0.25) is 0 Å². The Bertz CT molecular complexity index is 923. The van der Waals surface area contributed by atoms with Gasteiger partial charge in [-0.2, -0.15) is 0 Å². The number of rotatable bonds is 5. The van der Waals surface area contributed by atoms with E-state index in [2.05, 4.69) is 11.7 Å². The van der Waals surface area contributed by atoms with Gasteiger partial charge in [-0.05, 0) is 78.9 Å². The normalized spacial score (nSPS) is 26.4. The van der Waals surface area contributed by atoms with Crippen LogP contribution in [-0.4, -0.2) is 13.1 Å². The lowest BCUT2D eigenvalue weighted by molar-refractivity contribution is 0.0600. The molecule has 0 aliphatic heterocycles. The molecule has 0 spiro atoms. The van der Waals surface area contributed by atoms with Gasteiger partial charge in [0.15, 0.2) is 0 Å². The highest BCUT2D eigenvalue weighted by Gasteiger charge is 2.36. The SMILES string of the molecule is CCCCC1CCC2CC(c3ccc4cc(C(=O)OC)cc(F)c4c3F)CCC2C1. The second kappa shape index (κ2) is 9.03. The molecule has 0 N–H and O–H groups in total. The van der Waals surface area contributed by atoms with Crippen molar-refractivity contribution in [2.45, 2.75) is 70.6 Å². The minimum Gasteiger partial charge on any atom is -0.465 e. The fraction of sp³-hybridized carbons (Fsp3) is 0.577. The molecule has 0 heterocycles. The van der Waals surface area contributed by atoms with E-state index in [1.807, 2.05) is 0 Å². The van der Waals surface area contributed by atoms with Gasteiger partial charge in [0, 0.05) is 0 Å². The standard InChI is InChI=1S/C26H32F2O2/c1-3-4-5-16-6-7-18-13-19(9-8-17(18)12-16)22-11-10-20-14-21(26(29)30-2)15-23(27)24(20)25(22)28/h10-11,14-19H,3-9,12-13H2,1-2H3. The first-order chi connectivity index (χ1) is 14.5. The van der Waals surface area contributed by atoms with Gasteiger partial charge in [0.1, 0.15) is 11.6 Å². The van der Waals surface area contributed by atoms with E-state index in [1.165, 1.54) is 51.7 Å². The molecule has 2 aliphatic rings. The monoisotopic (exact) mass is 414 g/mol. The van der Waals surface area contributed by atoms with Gasteiger partial charge < -0.3 is 4.74 Å². The Hall–Kier alpha value is -1.97. The third kappa shape index (κ3) is 4.10. The second-order valence-corrected chi connectivity index (χ2v) is 9.37. The summed E-state index contributed by atoms with van der Waals surface area (Å²) in [5.74, 6) is 0.704. The lowest BCUT2D eigenvalue weighted by Crippen LogP contribution is -2.30. The van der Waals surface area contributed by atoms with Crippen molar-refractivity contribution in [3.8, 4) is 0 Å². The van der Waals surface area contributed by atoms with E-state index < -0.39 is 17.6 Å². The van der Waals surface area contributed by atoms with Crippen LogP contribution in [0.25, 0.3) is 10.8 Å². The van der Waals surface area contributed by atoms with Crippen LogP contribution in [0.3, 0.4) is 0 Å². The number of hydrogen-bond donors (Lipinski definition) is 0. The Morgan fingerprint density at radius 1 is 1.07 bits per heavy atom. The van der Waals surface area contributed by atoms with Crippen molar-refractivity contribution in [2.75, 3.05) is 7.11 Å². The topological polar surface area (TPSA) is 26.3 Å². The summed E-state index contributed by atoms with van der Waals surface area (Å²) in [4.78, 5) is 11.7. The summed E-state index contributed by atoms with van der Waals surface area (Å²) < 4.78 is 34.8. The molecule has 2 saturated carbocycles. The van der Waals surface area contributed by atoms with E-state index in [-0.39, 0.29) is 16.9 Å². The number of unbranched alkanes of at least 4 members (excludes halogenated alkanes) is 1. The van der Waals surface area contributed by atoms with Crippen molar-refractivity contribution in [3.63, 3.8) is 0 Å². The van der Waals surface area contributed by atoms with Crippen LogP contribution in [0, 0.1) is 29.4 Å². The molecule has 0 amide bonds. The van der Waals surface area contributed by atoms with Gasteiger partial charge in [-0.25, -0.2) is 13.6 Å². The van der Waals surface area contributed by atoms with E-state index in [0.717, 1.165) is 37.2 Å². The maximum atomic E-state index is 15.4. The number of carbonyl (C=O) groups is 1. The molecule has 2 fully saturated rings. The molecule has 2 nitrogen and oxygen atoms in total. The molecule has 4 unspecified atom stereocenters. The molecule has 4 heteroatoms. The van der Waals surface area contributed by atoms with Gasteiger partial charge in [-0.1, -0.05) is 44.7 Å². The number of benzene rings is 2. The Labute approximate surface area is 178 Å². The molecule has 0 saturated heterocycles. The van der Waals surface area contributed by atoms with Crippen molar-refractivity contribution in [3.05, 3.63) is 47.0 Å². The summed E-state index contributed by atoms with van der Waals surface area (Å²) in [5.41, 5.74) is 0.744. The minimum atomic E-state index is -0.697. The van der Waals surface area contributed by atoms with E-state index in [9.17, 15) is 9.18 Å². The van der Waals surface area contributed by atoms with Crippen LogP contribution in [-0.2, 0) is 4.74 Å². The number of hydrogen-bond acceptors (Lipinski definition) is 2. The van der Waals surface area contributed by atoms with Crippen molar-refractivity contribution in [1.82, 2.24) is 0 Å². The molecule has 4 atom stereocenters. The highest BCUT2D eigenvalue weighted by molar-refractivity contribution is 5.96. The predicted molar refractivity (Wildman–Crippen MR) is 116 cm³/mol. The molecule has 162 valence electrons. The van der Waals surface area contributed by atoms with Crippen molar-refractivity contribution in [1.29, 1.82) is 0 Å². The number of fused-ring (bicyclic) bond motifs is 2. The zero-order chi connectivity index (χ0) is 21.3. The largest absolute Gasteiger partial charge is 0.465 e. The third-order valence-electron chi connectivity index (χ3n) is 7.58. The van der Waals surface area contributed by atoms with Gasteiger partial charge >= 0.3 is 5.97 Å². The Balaban J connectivity index is 1.54. The van der Waals surface area contributed by atoms with Gasteiger partial charge in [0.25, 0.3) is 0 Å². The molecule has 0 bridgehead atoms. The summed E-state index contributed by atoms with van der Waals surface area (Å²) in [5, 5.41) is 0.396. The first-order valence-electron chi connectivity index (χ1n) is 11.5. The molecular weight excluding hydrogens is 382 g/mol. The fourth-order valence-corrected chi connectivity index (χ4v) is 5.96. The fourth-order valence-electron chi connectivity index (χ4n) is 5.96. The molecular formula is C26H32F2O2. The molecule has 30 heavy (non-hydrogen) atoms. The van der Waals surface area contributed by atoms with Crippen LogP contribution >= 0.6 is 0 Å². The molecule has 4 rings (SSSR count). The summed E-state index contributed by atoms with van der Waals surface area (Å²) in [6, 6.07) is 6.13. The number of esters is 1. The number of ether oxygens (including phenoxy) is 1. The molecule has 2 aromatic rings. The number of halogens is 2. The molecule has 0 radical (unpaired) electrons. The highest BCUT2D eigenvalue weighted by Crippen LogP contribution is 2.49. The smallest absolute Gasteiger partial charge is 0.337 e. The highest BCUT2D eigenvalue weighted by atomic mass is 19.1. The Morgan fingerprint density at radius 2 is 1.83 bits per heavy atom. The summed E-state index contributed by atoms with van der Waals surface area (Å²) in [7, 11) is 1.25. The van der Waals surface area contributed by atoms with E-state index in [0.29, 0.717) is 16.9 Å². The average Bonchev–Trinajstić information content (AvgIpc) is 2.76.